The van der Waals surface area contributed by atoms with Crippen molar-refractivity contribution in [3.05, 3.63) is 75.7 Å². The molecule has 34 heavy (non-hydrogen) atoms. The first-order valence-corrected chi connectivity index (χ1v) is 10.7. The minimum absolute atomic E-state index is 0.169. The van der Waals surface area contributed by atoms with Gasteiger partial charge in [-0.05, 0) is 47.9 Å². The van der Waals surface area contributed by atoms with Crippen LogP contribution in [0.1, 0.15) is 21.5 Å². The number of anilines is 1. The highest BCUT2D eigenvalue weighted by molar-refractivity contribution is 6.01. The van der Waals surface area contributed by atoms with E-state index in [-0.39, 0.29) is 22.2 Å². The third kappa shape index (κ3) is 4.43. The Kier molecular flexibility index (Phi) is 6.22. The van der Waals surface area contributed by atoms with E-state index in [0.29, 0.717) is 43.1 Å². The van der Waals surface area contributed by atoms with Crippen molar-refractivity contribution in [2.24, 2.45) is 12.8 Å². The number of hydrogen-bond acceptors (Lipinski definition) is 4. The Morgan fingerprint density at radius 3 is 2.41 bits per heavy atom. The summed E-state index contributed by atoms with van der Waals surface area (Å²) in [4.78, 5) is 26.7. The van der Waals surface area contributed by atoms with Gasteiger partial charge in [-0.1, -0.05) is 18.2 Å². The molecule has 178 valence electrons. The molecule has 2 heterocycles. The molecule has 0 saturated carbocycles. The molecule has 6 nitrogen and oxygen atoms in total. The number of benzene rings is 2. The van der Waals surface area contributed by atoms with Gasteiger partial charge in [-0.2, -0.15) is 13.2 Å². The molecule has 1 aliphatic rings. The molecule has 1 aromatic heterocycles. The predicted octanol–water partition coefficient (Wildman–Crippen LogP) is 3.98. The molecule has 0 spiro atoms. The zero-order valence-corrected chi connectivity index (χ0v) is 18.8. The number of aromatic nitrogens is 1. The summed E-state index contributed by atoms with van der Waals surface area (Å²) >= 11 is 0. The number of nitrogens with two attached hydrogens (primary N) is 1. The smallest absolute Gasteiger partial charge is 0.378 e. The maximum atomic E-state index is 13.8. The number of nitrogens with zero attached hydrogens (tertiary/aromatic N) is 2. The first kappa shape index (κ1) is 23.6. The SMILES string of the molecule is Cc1ccc(-c2c(C(N)=O)cccc2C(F)(F)F)cc1-c1cc(N2CCOCC2)c(=O)n(C)c1. The number of halogens is 3. The second-order valence-electron chi connectivity index (χ2n) is 8.25. The average molecular weight is 471 g/mol. The van der Waals surface area contributed by atoms with E-state index < -0.39 is 17.6 Å². The normalized spacial score (nSPS) is 14.3. The summed E-state index contributed by atoms with van der Waals surface area (Å²) in [6, 6.07) is 9.99. The average Bonchev–Trinajstić information content (AvgIpc) is 2.80. The Morgan fingerprint density at radius 1 is 1.06 bits per heavy atom. The molecule has 0 radical (unpaired) electrons. The lowest BCUT2D eigenvalue weighted by Crippen LogP contribution is -2.40. The Labute approximate surface area is 194 Å². The first-order chi connectivity index (χ1) is 16.1. The maximum absolute atomic E-state index is 13.8. The third-order valence-electron chi connectivity index (χ3n) is 5.99. The number of morpholine rings is 1. The van der Waals surface area contributed by atoms with Crippen molar-refractivity contribution in [3.8, 4) is 22.3 Å². The highest BCUT2D eigenvalue weighted by Gasteiger charge is 2.35. The Balaban J connectivity index is 1.91. The summed E-state index contributed by atoms with van der Waals surface area (Å²) in [5, 5.41) is 0. The van der Waals surface area contributed by atoms with Gasteiger partial charge in [0.2, 0.25) is 5.91 Å². The summed E-state index contributed by atoms with van der Waals surface area (Å²) < 4.78 is 48.3. The number of pyridine rings is 1. The number of ether oxygens (including phenoxy) is 1. The summed E-state index contributed by atoms with van der Waals surface area (Å²) in [5.41, 5.74) is 6.69. The van der Waals surface area contributed by atoms with Gasteiger partial charge in [0.05, 0.1) is 18.8 Å². The molecule has 1 saturated heterocycles. The summed E-state index contributed by atoms with van der Waals surface area (Å²) in [6.07, 6.45) is -3.02. The van der Waals surface area contributed by atoms with Crippen molar-refractivity contribution in [2.45, 2.75) is 13.1 Å². The van der Waals surface area contributed by atoms with Gasteiger partial charge < -0.3 is 19.9 Å². The van der Waals surface area contributed by atoms with Gasteiger partial charge in [-0.3, -0.25) is 9.59 Å². The Morgan fingerprint density at radius 2 is 1.76 bits per heavy atom. The highest BCUT2D eigenvalue weighted by Crippen LogP contribution is 2.40. The van der Waals surface area contributed by atoms with E-state index in [4.69, 9.17) is 10.5 Å². The lowest BCUT2D eigenvalue weighted by atomic mass is 9.90. The van der Waals surface area contributed by atoms with Crippen LogP contribution in [0.2, 0.25) is 0 Å². The number of carbonyl (C=O) groups is 1. The van der Waals surface area contributed by atoms with Gasteiger partial charge in [0.25, 0.3) is 5.56 Å². The van der Waals surface area contributed by atoms with Crippen LogP contribution in [0.4, 0.5) is 18.9 Å². The number of rotatable bonds is 4. The molecule has 3 aromatic rings. The van der Waals surface area contributed by atoms with Gasteiger partial charge >= 0.3 is 6.18 Å². The van der Waals surface area contributed by atoms with E-state index in [1.807, 2.05) is 11.8 Å². The molecule has 1 fully saturated rings. The number of aryl methyl sites for hydroxylation is 2. The van der Waals surface area contributed by atoms with Crippen LogP contribution in [-0.2, 0) is 18.0 Å². The lowest BCUT2D eigenvalue weighted by Gasteiger charge is -2.29. The molecule has 0 unspecified atom stereocenters. The van der Waals surface area contributed by atoms with Crippen molar-refractivity contribution >= 4 is 11.6 Å². The molecule has 1 amide bonds. The monoisotopic (exact) mass is 471 g/mol. The number of amides is 1. The molecule has 2 aromatic carbocycles. The molecule has 2 N–H and O–H groups in total. The standard InChI is InChI=1S/C25H24F3N3O3/c1-15-6-7-16(22-18(23(29)32)4-3-5-20(22)25(26,27)28)12-19(15)17-13-21(24(33)30(2)14-17)31-8-10-34-11-9-31/h3-7,12-14H,8-11H2,1-2H3,(H2,29,32). The number of carbonyl (C=O) groups excluding carboxylic acids is 1. The van der Waals surface area contributed by atoms with Gasteiger partial charge in [0.1, 0.15) is 5.69 Å². The summed E-state index contributed by atoms with van der Waals surface area (Å²) in [7, 11) is 1.64. The van der Waals surface area contributed by atoms with Crippen LogP contribution in [0.5, 0.6) is 0 Å². The van der Waals surface area contributed by atoms with Crippen LogP contribution in [0.3, 0.4) is 0 Å². The van der Waals surface area contributed by atoms with E-state index >= 15 is 0 Å². The van der Waals surface area contributed by atoms with Gasteiger partial charge in [-0.25, -0.2) is 0 Å². The predicted molar refractivity (Wildman–Crippen MR) is 124 cm³/mol. The van der Waals surface area contributed by atoms with Crippen molar-refractivity contribution in [1.29, 1.82) is 0 Å². The number of hydrogen-bond donors (Lipinski definition) is 1. The fourth-order valence-corrected chi connectivity index (χ4v) is 4.27. The molecule has 9 heteroatoms. The molecule has 0 bridgehead atoms. The molecule has 4 rings (SSSR count). The molecule has 0 atom stereocenters. The zero-order valence-electron chi connectivity index (χ0n) is 18.8. The van der Waals surface area contributed by atoms with Crippen LogP contribution >= 0.6 is 0 Å². The lowest BCUT2D eigenvalue weighted by molar-refractivity contribution is -0.137. The van der Waals surface area contributed by atoms with Crippen LogP contribution in [0.25, 0.3) is 22.3 Å². The second-order valence-corrected chi connectivity index (χ2v) is 8.25. The van der Waals surface area contributed by atoms with Crippen LogP contribution in [0.15, 0.2) is 53.5 Å². The van der Waals surface area contributed by atoms with Gasteiger partial charge in [-0.15, -0.1) is 0 Å². The second kappa shape index (κ2) is 8.98. The van der Waals surface area contributed by atoms with Gasteiger partial charge in [0, 0.05) is 43.0 Å². The Hall–Kier alpha value is -3.59. The van der Waals surface area contributed by atoms with E-state index in [1.165, 1.54) is 16.7 Å². The number of primary amides is 1. The summed E-state index contributed by atoms with van der Waals surface area (Å²) in [6.45, 7) is 3.98. The minimum atomic E-state index is -4.67. The van der Waals surface area contributed by atoms with Crippen LogP contribution in [0, 0.1) is 6.92 Å². The Bertz CT molecular complexity index is 1310. The molecular formula is C25H24F3N3O3. The fraction of sp³-hybridized carbons (Fsp3) is 0.280. The van der Waals surface area contributed by atoms with E-state index in [2.05, 4.69) is 0 Å². The van der Waals surface area contributed by atoms with Crippen LogP contribution < -0.4 is 16.2 Å². The molecule has 1 aliphatic heterocycles. The molecule has 0 aliphatic carbocycles. The van der Waals surface area contributed by atoms with Crippen molar-refractivity contribution in [2.75, 3.05) is 31.2 Å². The quantitative estimate of drug-likeness (QED) is 0.625. The maximum Gasteiger partial charge on any atom is 0.417 e. The van der Waals surface area contributed by atoms with Gasteiger partial charge in [0.15, 0.2) is 0 Å². The third-order valence-corrected chi connectivity index (χ3v) is 5.99. The van der Waals surface area contributed by atoms with E-state index in [0.717, 1.165) is 11.6 Å². The van der Waals surface area contributed by atoms with E-state index in [1.54, 1.807) is 37.5 Å². The summed E-state index contributed by atoms with van der Waals surface area (Å²) in [5.74, 6) is -0.945. The minimum Gasteiger partial charge on any atom is -0.378 e. The first-order valence-electron chi connectivity index (χ1n) is 10.7. The molecular weight excluding hydrogens is 447 g/mol. The highest BCUT2D eigenvalue weighted by atomic mass is 19.4. The van der Waals surface area contributed by atoms with Crippen molar-refractivity contribution < 1.29 is 22.7 Å². The zero-order chi connectivity index (χ0) is 24.6. The van der Waals surface area contributed by atoms with Crippen LogP contribution in [-0.4, -0.2) is 36.8 Å². The number of alkyl halides is 3. The van der Waals surface area contributed by atoms with Crippen molar-refractivity contribution in [1.82, 2.24) is 4.57 Å². The largest absolute Gasteiger partial charge is 0.417 e. The topological polar surface area (TPSA) is 77.6 Å². The fourth-order valence-electron chi connectivity index (χ4n) is 4.27. The van der Waals surface area contributed by atoms with E-state index in [9.17, 15) is 22.8 Å². The van der Waals surface area contributed by atoms with Crippen molar-refractivity contribution in [3.63, 3.8) is 0 Å².